The van der Waals surface area contributed by atoms with Crippen LogP contribution in [0.15, 0.2) is 24.3 Å². The molecule has 66 valence electrons. The van der Waals surface area contributed by atoms with E-state index in [1.165, 1.54) is 0 Å². The smallest absolute Gasteiger partial charge is 0.0928 e. The lowest BCUT2D eigenvalue weighted by Gasteiger charge is -2.09. The van der Waals surface area contributed by atoms with Crippen LogP contribution in [-0.4, -0.2) is 11.7 Å². The van der Waals surface area contributed by atoms with Crippen LogP contribution >= 0.6 is 11.6 Å². The molecule has 1 aromatic carbocycles. The van der Waals surface area contributed by atoms with Crippen LogP contribution in [0.25, 0.3) is 0 Å². The van der Waals surface area contributed by atoms with Crippen molar-refractivity contribution in [3.63, 3.8) is 0 Å². The molecule has 4 heteroatoms. The van der Waals surface area contributed by atoms with Crippen LogP contribution in [-0.2, 0) is 0 Å². The highest BCUT2D eigenvalue weighted by atomic mass is 35.5. The molecule has 0 amide bonds. The number of hydrazine groups is 1. The number of hydrogen-bond donors (Lipinski definition) is 3. The molecule has 1 atom stereocenters. The number of rotatable bonds is 3. The van der Waals surface area contributed by atoms with Gasteiger partial charge in [0.05, 0.1) is 6.10 Å². The fourth-order valence-corrected chi connectivity index (χ4v) is 1.04. The molecule has 0 radical (unpaired) electrons. The predicted octanol–water partition coefficient (Wildman–Crippen LogP) is 0.837. The van der Waals surface area contributed by atoms with E-state index in [2.05, 4.69) is 5.43 Å². The topological polar surface area (TPSA) is 58.3 Å². The number of aliphatic hydroxyl groups excluding tert-OH is 1. The Morgan fingerprint density at radius 1 is 1.42 bits per heavy atom. The highest BCUT2D eigenvalue weighted by Gasteiger charge is 2.04. The second kappa shape index (κ2) is 4.42. The van der Waals surface area contributed by atoms with Crippen molar-refractivity contribution < 1.29 is 5.11 Å². The molecule has 0 bridgehead atoms. The number of halogens is 1. The molecule has 0 spiro atoms. The van der Waals surface area contributed by atoms with Gasteiger partial charge in [0.15, 0.2) is 0 Å². The summed E-state index contributed by atoms with van der Waals surface area (Å²) in [6.07, 6.45) is -0.577. The summed E-state index contributed by atoms with van der Waals surface area (Å²) in [6, 6.07) is 7.00. The van der Waals surface area contributed by atoms with Gasteiger partial charge in [0.25, 0.3) is 0 Å². The number of benzene rings is 1. The van der Waals surface area contributed by atoms with Crippen molar-refractivity contribution in [3.05, 3.63) is 34.9 Å². The minimum absolute atomic E-state index is 0.335. The molecule has 1 aromatic rings. The molecular weight excluding hydrogens is 176 g/mol. The molecule has 1 rings (SSSR count). The summed E-state index contributed by atoms with van der Waals surface area (Å²) in [6.45, 7) is 0.335. The SMILES string of the molecule is NNCC(O)c1ccc(Cl)cc1. The van der Waals surface area contributed by atoms with Crippen molar-refractivity contribution >= 4 is 11.6 Å². The highest BCUT2D eigenvalue weighted by molar-refractivity contribution is 6.30. The summed E-state index contributed by atoms with van der Waals surface area (Å²) in [5, 5.41) is 10.1. The molecule has 0 heterocycles. The first-order valence-corrected chi connectivity index (χ1v) is 3.99. The monoisotopic (exact) mass is 186 g/mol. The fourth-order valence-electron chi connectivity index (χ4n) is 0.914. The van der Waals surface area contributed by atoms with Crippen molar-refractivity contribution in [2.45, 2.75) is 6.10 Å². The highest BCUT2D eigenvalue weighted by Crippen LogP contribution is 2.15. The Bertz CT molecular complexity index is 237. The van der Waals surface area contributed by atoms with Crippen LogP contribution in [0.2, 0.25) is 5.02 Å². The van der Waals surface area contributed by atoms with Crippen molar-refractivity contribution in [2.75, 3.05) is 6.54 Å². The van der Waals surface area contributed by atoms with Gasteiger partial charge in [0.2, 0.25) is 0 Å². The molecule has 0 aromatic heterocycles. The lowest BCUT2D eigenvalue weighted by Crippen LogP contribution is -2.27. The summed E-state index contributed by atoms with van der Waals surface area (Å²) >= 11 is 5.67. The summed E-state index contributed by atoms with van der Waals surface area (Å²) in [4.78, 5) is 0. The number of hydrogen-bond acceptors (Lipinski definition) is 3. The lowest BCUT2D eigenvalue weighted by molar-refractivity contribution is 0.175. The molecule has 0 fully saturated rings. The minimum Gasteiger partial charge on any atom is -0.387 e. The average molecular weight is 187 g/mol. The Balaban J connectivity index is 2.68. The lowest BCUT2D eigenvalue weighted by atomic mass is 10.1. The third-order valence-corrected chi connectivity index (χ3v) is 1.82. The molecular formula is C8H11ClN2O. The van der Waals surface area contributed by atoms with Gasteiger partial charge in [0, 0.05) is 11.6 Å². The van der Waals surface area contributed by atoms with Gasteiger partial charge < -0.3 is 5.11 Å². The number of nitrogens with two attached hydrogens (primary N) is 1. The van der Waals surface area contributed by atoms with Gasteiger partial charge >= 0.3 is 0 Å². The van der Waals surface area contributed by atoms with Gasteiger partial charge in [-0.25, -0.2) is 0 Å². The van der Waals surface area contributed by atoms with Crippen LogP contribution < -0.4 is 11.3 Å². The fraction of sp³-hybridized carbons (Fsp3) is 0.250. The largest absolute Gasteiger partial charge is 0.387 e. The van der Waals surface area contributed by atoms with E-state index in [1.54, 1.807) is 24.3 Å². The van der Waals surface area contributed by atoms with E-state index in [4.69, 9.17) is 17.4 Å². The van der Waals surface area contributed by atoms with Crippen LogP contribution in [0.4, 0.5) is 0 Å². The van der Waals surface area contributed by atoms with E-state index in [0.717, 1.165) is 5.56 Å². The maximum absolute atomic E-state index is 9.43. The summed E-state index contributed by atoms with van der Waals surface area (Å²) in [5.74, 6) is 5.06. The van der Waals surface area contributed by atoms with Gasteiger partial charge in [-0.15, -0.1) is 0 Å². The molecule has 0 aliphatic carbocycles. The zero-order valence-electron chi connectivity index (χ0n) is 6.50. The van der Waals surface area contributed by atoms with E-state index >= 15 is 0 Å². The minimum atomic E-state index is -0.577. The Morgan fingerprint density at radius 2 is 2.00 bits per heavy atom. The van der Waals surface area contributed by atoms with E-state index in [1.807, 2.05) is 0 Å². The van der Waals surface area contributed by atoms with Gasteiger partial charge in [-0.05, 0) is 17.7 Å². The number of nitrogens with one attached hydrogen (secondary N) is 1. The number of aliphatic hydroxyl groups is 1. The van der Waals surface area contributed by atoms with E-state index in [0.29, 0.717) is 11.6 Å². The molecule has 3 nitrogen and oxygen atoms in total. The summed E-state index contributed by atoms with van der Waals surface area (Å²) < 4.78 is 0. The molecule has 0 saturated heterocycles. The van der Waals surface area contributed by atoms with Gasteiger partial charge in [-0.1, -0.05) is 23.7 Å². The van der Waals surface area contributed by atoms with Crippen LogP contribution in [0.3, 0.4) is 0 Å². The van der Waals surface area contributed by atoms with E-state index in [9.17, 15) is 5.11 Å². The molecule has 0 saturated carbocycles. The molecule has 4 N–H and O–H groups in total. The first kappa shape index (κ1) is 9.48. The van der Waals surface area contributed by atoms with E-state index < -0.39 is 6.10 Å². The van der Waals surface area contributed by atoms with Crippen molar-refractivity contribution in [2.24, 2.45) is 5.84 Å². The Labute approximate surface area is 76.1 Å². The zero-order chi connectivity index (χ0) is 8.97. The maximum Gasteiger partial charge on any atom is 0.0928 e. The normalized spacial score (nSPS) is 12.9. The first-order chi connectivity index (χ1) is 5.74. The quantitative estimate of drug-likeness (QED) is 0.484. The molecule has 0 aliphatic heterocycles. The second-order valence-corrected chi connectivity index (χ2v) is 2.91. The maximum atomic E-state index is 9.43. The average Bonchev–Trinajstić information content (AvgIpc) is 2.06. The van der Waals surface area contributed by atoms with Crippen molar-refractivity contribution in [1.82, 2.24) is 5.43 Å². The Morgan fingerprint density at radius 3 is 2.50 bits per heavy atom. The Kier molecular flexibility index (Phi) is 3.49. The van der Waals surface area contributed by atoms with Gasteiger partial charge in [-0.2, -0.15) is 0 Å². The third kappa shape index (κ3) is 2.46. The van der Waals surface area contributed by atoms with Crippen LogP contribution in [0.5, 0.6) is 0 Å². The first-order valence-electron chi connectivity index (χ1n) is 3.61. The van der Waals surface area contributed by atoms with Crippen molar-refractivity contribution in [1.29, 1.82) is 0 Å². The van der Waals surface area contributed by atoms with Gasteiger partial charge in [0.1, 0.15) is 0 Å². The third-order valence-electron chi connectivity index (χ3n) is 1.57. The molecule has 12 heavy (non-hydrogen) atoms. The molecule has 1 unspecified atom stereocenters. The van der Waals surface area contributed by atoms with Crippen LogP contribution in [0, 0.1) is 0 Å². The zero-order valence-corrected chi connectivity index (χ0v) is 7.25. The summed E-state index contributed by atoms with van der Waals surface area (Å²) in [7, 11) is 0. The molecule has 0 aliphatic rings. The predicted molar refractivity (Wildman–Crippen MR) is 48.6 cm³/mol. The standard InChI is InChI=1S/C8H11ClN2O/c9-7-3-1-6(2-4-7)8(12)5-11-10/h1-4,8,11-12H,5,10H2. The van der Waals surface area contributed by atoms with E-state index in [-0.39, 0.29) is 0 Å². The van der Waals surface area contributed by atoms with Gasteiger partial charge in [-0.3, -0.25) is 11.3 Å². The Hall–Kier alpha value is -0.610. The summed E-state index contributed by atoms with van der Waals surface area (Å²) in [5.41, 5.74) is 3.20. The van der Waals surface area contributed by atoms with Crippen molar-refractivity contribution in [3.8, 4) is 0 Å². The van der Waals surface area contributed by atoms with Crippen LogP contribution in [0.1, 0.15) is 11.7 Å². The second-order valence-electron chi connectivity index (χ2n) is 2.48.